The first-order chi connectivity index (χ1) is 11.3. The number of carbonyl (C=O) groups is 4. The number of nitrogens with one attached hydrogen (secondary N) is 2. The minimum Gasteiger partial charge on any atom is -0.480 e. The number of rotatable bonds is 5. The van der Waals surface area contributed by atoms with Crippen LogP contribution in [0.25, 0.3) is 0 Å². The Hall–Kier alpha value is -2.90. The Morgan fingerprint density at radius 3 is 2.33 bits per heavy atom. The maximum absolute atomic E-state index is 12.5. The van der Waals surface area contributed by atoms with Gasteiger partial charge in [-0.05, 0) is 37.5 Å². The fraction of sp³-hybridized carbons (Fsp3) is 0.375. The van der Waals surface area contributed by atoms with Gasteiger partial charge in [0.05, 0.1) is 0 Å². The zero-order valence-electron chi connectivity index (χ0n) is 13.0. The first-order valence-electron chi connectivity index (χ1n) is 7.58. The van der Waals surface area contributed by atoms with Gasteiger partial charge in [0.2, 0.25) is 0 Å². The number of carboxylic acid groups (broad SMARTS) is 1. The summed E-state index contributed by atoms with van der Waals surface area (Å²) in [6.45, 7) is 1.24. The zero-order chi connectivity index (χ0) is 17.5. The second-order valence-corrected chi connectivity index (χ2v) is 6.17. The minimum absolute atomic E-state index is 0.0225. The lowest BCUT2D eigenvalue weighted by molar-refractivity contribution is -0.137. The number of aliphatic carboxylic acids is 1. The van der Waals surface area contributed by atoms with E-state index in [1.807, 2.05) is 0 Å². The van der Waals surface area contributed by atoms with E-state index in [-0.39, 0.29) is 18.5 Å². The topological polar surface area (TPSA) is 116 Å². The molecule has 0 radical (unpaired) electrons. The summed E-state index contributed by atoms with van der Waals surface area (Å²) in [7, 11) is 0. The van der Waals surface area contributed by atoms with Gasteiger partial charge in [-0.2, -0.15) is 0 Å². The molecule has 126 valence electrons. The van der Waals surface area contributed by atoms with Crippen molar-refractivity contribution < 1.29 is 24.3 Å². The highest BCUT2D eigenvalue weighted by Crippen LogP contribution is 2.29. The van der Waals surface area contributed by atoms with Gasteiger partial charge in [0.1, 0.15) is 12.1 Å². The number of carbonyl (C=O) groups excluding carboxylic acids is 3. The van der Waals surface area contributed by atoms with Crippen LogP contribution >= 0.6 is 0 Å². The maximum atomic E-state index is 12.5. The summed E-state index contributed by atoms with van der Waals surface area (Å²) in [4.78, 5) is 48.0. The van der Waals surface area contributed by atoms with Crippen LogP contribution in [0.1, 0.15) is 35.7 Å². The van der Waals surface area contributed by atoms with E-state index in [1.165, 1.54) is 17.0 Å². The van der Waals surface area contributed by atoms with Crippen molar-refractivity contribution in [1.82, 2.24) is 15.5 Å². The van der Waals surface area contributed by atoms with Gasteiger partial charge in [0.15, 0.2) is 0 Å². The summed E-state index contributed by atoms with van der Waals surface area (Å²) in [6.07, 6.45) is 1.61. The number of nitrogens with zero attached hydrogens (tertiary/aromatic N) is 1. The molecule has 2 fully saturated rings. The molecule has 4 amide bonds. The van der Waals surface area contributed by atoms with Crippen molar-refractivity contribution in [1.29, 1.82) is 0 Å². The minimum atomic E-state index is -1.18. The molecule has 1 heterocycles. The Labute approximate surface area is 137 Å². The van der Waals surface area contributed by atoms with Crippen molar-refractivity contribution in [3.8, 4) is 0 Å². The van der Waals surface area contributed by atoms with E-state index in [0.717, 1.165) is 12.8 Å². The Bertz CT molecular complexity index is 726. The van der Waals surface area contributed by atoms with Crippen LogP contribution in [-0.4, -0.2) is 46.4 Å². The van der Waals surface area contributed by atoms with Crippen LogP contribution < -0.4 is 10.6 Å². The van der Waals surface area contributed by atoms with Gasteiger partial charge in [-0.25, -0.2) is 4.79 Å². The van der Waals surface area contributed by atoms with Crippen molar-refractivity contribution in [3.63, 3.8) is 0 Å². The van der Waals surface area contributed by atoms with E-state index in [4.69, 9.17) is 5.11 Å². The second-order valence-electron chi connectivity index (χ2n) is 6.17. The van der Waals surface area contributed by atoms with E-state index in [0.29, 0.717) is 11.1 Å². The Morgan fingerprint density at radius 1 is 1.25 bits per heavy atom. The summed E-state index contributed by atoms with van der Waals surface area (Å²) in [5, 5.41) is 13.7. The predicted molar refractivity (Wildman–Crippen MR) is 82.2 cm³/mol. The third kappa shape index (κ3) is 2.82. The monoisotopic (exact) mass is 331 g/mol. The van der Waals surface area contributed by atoms with Gasteiger partial charge < -0.3 is 15.3 Å². The highest BCUT2D eigenvalue weighted by atomic mass is 16.4. The van der Waals surface area contributed by atoms with E-state index in [2.05, 4.69) is 10.6 Å². The Balaban J connectivity index is 1.81. The van der Waals surface area contributed by atoms with Gasteiger partial charge in [-0.1, -0.05) is 12.1 Å². The van der Waals surface area contributed by atoms with Gasteiger partial charge in [0, 0.05) is 11.6 Å². The average Bonchev–Trinajstić information content (AvgIpc) is 3.32. The van der Waals surface area contributed by atoms with E-state index in [9.17, 15) is 19.2 Å². The number of hydrogen-bond donors (Lipinski definition) is 3. The molecule has 2 aliphatic rings. The molecule has 1 unspecified atom stereocenters. The summed E-state index contributed by atoms with van der Waals surface area (Å²) >= 11 is 0. The van der Waals surface area contributed by atoms with Gasteiger partial charge in [0.25, 0.3) is 11.8 Å². The number of amides is 4. The van der Waals surface area contributed by atoms with Gasteiger partial charge in [-0.15, -0.1) is 0 Å². The molecule has 0 spiro atoms. The van der Waals surface area contributed by atoms with Crippen molar-refractivity contribution in [2.45, 2.75) is 31.3 Å². The fourth-order valence-electron chi connectivity index (χ4n) is 2.76. The largest absolute Gasteiger partial charge is 0.480 e. The zero-order valence-corrected chi connectivity index (χ0v) is 13.0. The number of carboxylic acids is 1. The molecule has 1 saturated heterocycles. The summed E-state index contributed by atoms with van der Waals surface area (Å²) in [6, 6.07) is 5.67. The van der Waals surface area contributed by atoms with Crippen LogP contribution in [0.3, 0.4) is 0 Å². The van der Waals surface area contributed by atoms with Crippen LogP contribution in [0.4, 0.5) is 4.79 Å². The van der Waals surface area contributed by atoms with Gasteiger partial charge in [-0.3, -0.25) is 19.7 Å². The Kier molecular flexibility index (Phi) is 3.75. The number of imide groups is 1. The third-order valence-corrected chi connectivity index (χ3v) is 4.31. The normalized spacial score (nSPS) is 22.7. The lowest BCUT2D eigenvalue weighted by Crippen LogP contribution is -2.40. The molecule has 3 N–H and O–H groups in total. The van der Waals surface area contributed by atoms with E-state index < -0.39 is 23.4 Å². The number of hydrogen-bond acceptors (Lipinski definition) is 4. The van der Waals surface area contributed by atoms with Gasteiger partial charge >= 0.3 is 12.0 Å². The first-order valence-corrected chi connectivity index (χ1v) is 7.58. The highest BCUT2D eigenvalue weighted by Gasteiger charge is 2.43. The molecular formula is C16H17N3O5. The summed E-state index contributed by atoms with van der Waals surface area (Å²) in [5.74, 6) is -1.86. The smallest absolute Gasteiger partial charge is 0.323 e. The lowest BCUT2D eigenvalue weighted by Gasteiger charge is -2.23. The molecule has 1 aromatic rings. The molecule has 1 aliphatic heterocycles. The van der Waals surface area contributed by atoms with Crippen LogP contribution in [-0.2, 0) is 15.1 Å². The maximum Gasteiger partial charge on any atom is 0.323 e. The molecule has 1 atom stereocenters. The predicted octanol–water partition coefficient (Wildman–Crippen LogP) is 0.430. The molecule has 3 rings (SSSR count). The van der Waals surface area contributed by atoms with Crippen molar-refractivity contribution >= 4 is 23.8 Å². The van der Waals surface area contributed by atoms with Crippen molar-refractivity contribution in [2.24, 2.45) is 0 Å². The molecular weight excluding hydrogens is 314 g/mol. The van der Waals surface area contributed by atoms with Crippen LogP contribution in [0.5, 0.6) is 0 Å². The fourth-order valence-corrected chi connectivity index (χ4v) is 2.76. The standard InChI is InChI=1S/C16H17N3O5/c1-16(14(23)17-15(24)18-16)10-4-2-9(3-5-10)13(22)19(8-12(20)21)11-6-7-11/h2-5,11H,6-8H2,1H3,(H,20,21)(H2,17,18,23,24). The quantitative estimate of drug-likeness (QED) is 0.677. The van der Waals surface area contributed by atoms with E-state index in [1.54, 1.807) is 19.1 Å². The average molecular weight is 331 g/mol. The molecule has 1 aromatic carbocycles. The molecule has 8 heteroatoms. The third-order valence-electron chi connectivity index (χ3n) is 4.31. The molecule has 8 nitrogen and oxygen atoms in total. The summed E-state index contributed by atoms with van der Waals surface area (Å²) in [5.41, 5.74) is -0.297. The summed E-state index contributed by atoms with van der Waals surface area (Å²) < 4.78 is 0. The SMILES string of the molecule is CC1(c2ccc(C(=O)N(CC(=O)O)C3CC3)cc2)NC(=O)NC1=O. The molecule has 1 aliphatic carbocycles. The highest BCUT2D eigenvalue weighted by molar-refractivity contribution is 6.07. The molecule has 24 heavy (non-hydrogen) atoms. The first kappa shape index (κ1) is 16.0. The van der Waals surface area contributed by atoms with Crippen molar-refractivity contribution in [3.05, 3.63) is 35.4 Å². The molecule has 0 aromatic heterocycles. The van der Waals surface area contributed by atoms with Crippen LogP contribution in [0, 0.1) is 0 Å². The van der Waals surface area contributed by atoms with Crippen LogP contribution in [0.15, 0.2) is 24.3 Å². The number of urea groups is 1. The van der Waals surface area contributed by atoms with Crippen molar-refractivity contribution in [2.75, 3.05) is 6.54 Å². The van der Waals surface area contributed by atoms with Crippen LogP contribution in [0.2, 0.25) is 0 Å². The number of benzene rings is 1. The molecule has 1 saturated carbocycles. The van der Waals surface area contributed by atoms with E-state index >= 15 is 0 Å². The second kappa shape index (κ2) is 5.63. The Morgan fingerprint density at radius 2 is 1.88 bits per heavy atom. The molecule has 0 bridgehead atoms. The lowest BCUT2D eigenvalue weighted by atomic mass is 9.91.